The first-order valence-electron chi connectivity index (χ1n) is 11.4. The maximum Gasteiger partial charge on any atom is 0.224 e. The molecule has 0 aliphatic carbocycles. The molecule has 0 atom stereocenters. The fourth-order valence-corrected chi connectivity index (χ4v) is 3.89. The molecule has 5 heteroatoms. The fraction of sp³-hybridized carbons (Fsp3) is 0.333. The van der Waals surface area contributed by atoms with Crippen LogP contribution >= 0.6 is 0 Å². The van der Waals surface area contributed by atoms with Gasteiger partial charge in [-0.3, -0.25) is 4.79 Å². The van der Waals surface area contributed by atoms with Crippen molar-refractivity contribution >= 4 is 5.91 Å². The van der Waals surface area contributed by atoms with Crippen molar-refractivity contribution < 1.29 is 14.3 Å². The molecule has 0 bridgehead atoms. The lowest BCUT2D eigenvalue weighted by molar-refractivity contribution is -0.131. The number of para-hydroxylation sites is 2. The molecule has 2 heterocycles. The normalized spacial score (nSPS) is 14.8. The van der Waals surface area contributed by atoms with Crippen LogP contribution in [0.4, 0.5) is 0 Å². The predicted molar refractivity (Wildman–Crippen MR) is 125 cm³/mol. The maximum absolute atomic E-state index is 13.2. The van der Waals surface area contributed by atoms with Gasteiger partial charge in [-0.2, -0.15) is 0 Å². The molecule has 2 aromatic carbocycles. The number of carbonyl (C=O) groups excluding carboxylic acids is 1. The molecule has 0 unspecified atom stereocenters. The summed E-state index contributed by atoms with van der Waals surface area (Å²) in [6.07, 6.45) is 7.06. The molecule has 1 amide bonds. The number of hydrogen-bond donors (Lipinski definition) is 0. The minimum absolute atomic E-state index is 0.166. The Morgan fingerprint density at radius 2 is 1.66 bits per heavy atom. The zero-order chi connectivity index (χ0) is 22.0. The van der Waals surface area contributed by atoms with E-state index in [9.17, 15) is 4.79 Å². The summed E-state index contributed by atoms with van der Waals surface area (Å²) in [5.74, 6) is 2.05. The lowest BCUT2D eigenvalue weighted by Crippen LogP contribution is -2.32. The van der Waals surface area contributed by atoms with Crippen molar-refractivity contribution in [2.24, 2.45) is 0 Å². The van der Waals surface area contributed by atoms with Crippen LogP contribution in [-0.4, -0.2) is 28.9 Å². The summed E-state index contributed by atoms with van der Waals surface area (Å²) in [6, 6.07) is 21.7. The van der Waals surface area contributed by atoms with Crippen LogP contribution in [0.3, 0.4) is 0 Å². The Kier molecular flexibility index (Phi) is 7.74. The average molecular weight is 431 g/mol. The topological polar surface area (TPSA) is 51.7 Å². The third kappa shape index (κ3) is 6.10. The SMILES string of the molecule is O=C(CCc1ccccc1)N1CCCCCCOc2ccccc2Oc2ncccc2C1. The van der Waals surface area contributed by atoms with Crippen molar-refractivity contribution in [3.8, 4) is 17.4 Å². The van der Waals surface area contributed by atoms with Gasteiger partial charge in [-0.05, 0) is 43.0 Å². The highest BCUT2D eigenvalue weighted by atomic mass is 16.5. The number of nitrogens with zero attached hydrogens (tertiary/aromatic N) is 2. The number of aromatic nitrogens is 1. The Labute approximate surface area is 190 Å². The highest BCUT2D eigenvalue weighted by Gasteiger charge is 2.18. The van der Waals surface area contributed by atoms with Crippen molar-refractivity contribution in [1.82, 2.24) is 9.88 Å². The summed E-state index contributed by atoms with van der Waals surface area (Å²) in [6.45, 7) is 1.87. The third-order valence-electron chi connectivity index (χ3n) is 5.67. The Morgan fingerprint density at radius 1 is 0.875 bits per heavy atom. The first kappa shape index (κ1) is 21.9. The molecule has 32 heavy (non-hydrogen) atoms. The molecule has 5 nitrogen and oxygen atoms in total. The van der Waals surface area contributed by atoms with Crippen LogP contribution in [0, 0.1) is 0 Å². The van der Waals surface area contributed by atoms with Crippen LogP contribution in [0.25, 0.3) is 0 Å². The van der Waals surface area contributed by atoms with E-state index in [1.165, 1.54) is 5.56 Å². The molecule has 0 fully saturated rings. The second-order valence-electron chi connectivity index (χ2n) is 8.08. The molecular weight excluding hydrogens is 400 g/mol. The van der Waals surface area contributed by atoms with Crippen LogP contribution < -0.4 is 9.47 Å². The van der Waals surface area contributed by atoms with Gasteiger partial charge in [-0.15, -0.1) is 0 Å². The molecule has 1 aromatic heterocycles. The smallest absolute Gasteiger partial charge is 0.224 e. The van der Waals surface area contributed by atoms with Crippen molar-refractivity contribution in [1.29, 1.82) is 0 Å². The number of ether oxygens (including phenoxy) is 2. The van der Waals surface area contributed by atoms with Gasteiger partial charge < -0.3 is 14.4 Å². The summed E-state index contributed by atoms with van der Waals surface area (Å²) in [4.78, 5) is 19.6. The molecule has 0 N–H and O–H groups in total. The third-order valence-corrected chi connectivity index (χ3v) is 5.67. The fourth-order valence-electron chi connectivity index (χ4n) is 3.89. The summed E-state index contributed by atoms with van der Waals surface area (Å²) < 4.78 is 12.1. The van der Waals surface area contributed by atoms with Crippen molar-refractivity contribution in [2.45, 2.75) is 45.1 Å². The van der Waals surface area contributed by atoms with Crippen LogP contribution in [-0.2, 0) is 17.8 Å². The number of benzene rings is 2. The second-order valence-corrected chi connectivity index (χ2v) is 8.08. The predicted octanol–water partition coefficient (Wildman–Crippen LogP) is 5.79. The van der Waals surface area contributed by atoms with Gasteiger partial charge in [0, 0.05) is 24.7 Å². The summed E-state index contributed by atoms with van der Waals surface area (Å²) in [7, 11) is 0. The molecule has 4 rings (SSSR count). The van der Waals surface area contributed by atoms with Crippen molar-refractivity contribution in [3.63, 3.8) is 0 Å². The van der Waals surface area contributed by atoms with Gasteiger partial charge in [0.25, 0.3) is 0 Å². The number of hydrogen-bond acceptors (Lipinski definition) is 4. The zero-order valence-electron chi connectivity index (χ0n) is 18.4. The van der Waals surface area contributed by atoms with E-state index in [-0.39, 0.29) is 5.91 Å². The van der Waals surface area contributed by atoms with Gasteiger partial charge in [0.15, 0.2) is 11.5 Å². The lowest BCUT2D eigenvalue weighted by Gasteiger charge is -2.24. The molecule has 1 aliphatic heterocycles. The Morgan fingerprint density at radius 3 is 2.53 bits per heavy atom. The van der Waals surface area contributed by atoms with Gasteiger partial charge >= 0.3 is 0 Å². The number of pyridine rings is 1. The minimum atomic E-state index is 0.166. The van der Waals surface area contributed by atoms with Gasteiger partial charge in [0.2, 0.25) is 11.8 Å². The highest BCUT2D eigenvalue weighted by molar-refractivity contribution is 5.76. The largest absolute Gasteiger partial charge is 0.490 e. The molecule has 0 saturated heterocycles. The summed E-state index contributed by atoms with van der Waals surface area (Å²) >= 11 is 0. The van der Waals surface area contributed by atoms with Crippen LogP contribution in [0.2, 0.25) is 0 Å². The van der Waals surface area contributed by atoms with E-state index in [0.717, 1.165) is 50.0 Å². The number of rotatable bonds is 3. The Balaban J connectivity index is 1.54. The first-order chi connectivity index (χ1) is 15.8. The number of aryl methyl sites for hydroxylation is 1. The molecule has 166 valence electrons. The lowest BCUT2D eigenvalue weighted by atomic mass is 10.1. The Hall–Kier alpha value is -3.34. The van der Waals surface area contributed by atoms with E-state index in [4.69, 9.17) is 9.47 Å². The summed E-state index contributed by atoms with van der Waals surface area (Å²) in [5, 5.41) is 0. The Bertz CT molecular complexity index is 1010. The standard InChI is InChI=1S/C27H30N2O3/c30-26(17-16-22-11-4-3-5-12-22)29-19-8-1-2-9-20-31-24-14-6-7-15-25(24)32-27-23(21-29)13-10-18-28-27/h3-7,10-15,18H,1-2,8-9,16-17,19-21H2. The number of amides is 1. The van der Waals surface area contributed by atoms with E-state index < -0.39 is 0 Å². The summed E-state index contributed by atoms with van der Waals surface area (Å²) in [5.41, 5.74) is 2.08. The number of fused-ring (bicyclic) bond motifs is 2. The van der Waals surface area contributed by atoms with Crippen molar-refractivity contribution in [3.05, 3.63) is 84.1 Å². The first-order valence-corrected chi connectivity index (χ1v) is 11.4. The molecule has 0 spiro atoms. The van der Waals surface area contributed by atoms with Crippen LogP contribution in [0.15, 0.2) is 72.9 Å². The number of carbonyl (C=O) groups is 1. The van der Waals surface area contributed by atoms with E-state index in [0.29, 0.717) is 31.2 Å². The quantitative estimate of drug-likeness (QED) is 0.528. The van der Waals surface area contributed by atoms with Crippen molar-refractivity contribution in [2.75, 3.05) is 13.2 Å². The van der Waals surface area contributed by atoms with E-state index >= 15 is 0 Å². The molecule has 1 aliphatic rings. The van der Waals surface area contributed by atoms with E-state index in [1.807, 2.05) is 59.5 Å². The minimum Gasteiger partial charge on any atom is -0.490 e. The van der Waals surface area contributed by atoms with Gasteiger partial charge in [-0.1, -0.05) is 61.4 Å². The highest BCUT2D eigenvalue weighted by Crippen LogP contribution is 2.32. The van der Waals surface area contributed by atoms with Gasteiger partial charge in [0.05, 0.1) is 13.2 Å². The molecular formula is C27H30N2O3. The second kappa shape index (κ2) is 11.3. The van der Waals surface area contributed by atoms with Crippen LogP contribution in [0.1, 0.15) is 43.2 Å². The van der Waals surface area contributed by atoms with E-state index in [2.05, 4.69) is 17.1 Å². The van der Waals surface area contributed by atoms with Gasteiger partial charge in [-0.25, -0.2) is 4.98 Å². The zero-order valence-corrected chi connectivity index (χ0v) is 18.4. The van der Waals surface area contributed by atoms with Gasteiger partial charge in [0.1, 0.15) is 0 Å². The molecule has 0 radical (unpaired) electrons. The van der Waals surface area contributed by atoms with Crippen LogP contribution in [0.5, 0.6) is 17.4 Å². The van der Waals surface area contributed by atoms with E-state index in [1.54, 1.807) is 6.20 Å². The maximum atomic E-state index is 13.2. The monoisotopic (exact) mass is 430 g/mol. The average Bonchev–Trinajstić information content (AvgIpc) is 2.83. The molecule has 3 aromatic rings. The molecule has 0 saturated carbocycles.